The number of ether oxygens (including phenoxy) is 1. The maximum atomic E-state index is 12.9. The van der Waals surface area contributed by atoms with Gasteiger partial charge < -0.3 is 20.7 Å². The summed E-state index contributed by atoms with van der Waals surface area (Å²) in [6, 6.07) is 23.4. The summed E-state index contributed by atoms with van der Waals surface area (Å²) in [4.78, 5) is 34.5. The molecular formula is C26H24ClN5O3. The lowest BCUT2D eigenvalue weighted by atomic mass is 10.0. The molecule has 1 unspecified atom stereocenters. The number of nitrogens with zero attached hydrogens (tertiary/aromatic N) is 2. The lowest BCUT2D eigenvalue weighted by Gasteiger charge is -2.19. The van der Waals surface area contributed by atoms with Crippen molar-refractivity contribution in [1.82, 2.24) is 10.6 Å². The van der Waals surface area contributed by atoms with Crippen molar-refractivity contribution >= 4 is 46.5 Å². The van der Waals surface area contributed by atoms with E-state index in [1.807, 2.05) is 54.6 Å². The number of rotatable bonds is 6. The van der Waals surface area contributed by atoms with Crippen LogP contribution >= 0.6 is 11.6 Å². The van der Waals surface area contributed by atoms with Gasteiger partial charge in [0.2, 0.25) is 0 Å². The summed E-state index contributed by atoms with van der Waals surface area (Å²) in [5.41, 5.74) is 3.55. The minimum absolute atomic E-state index is 0.123. The first-order valence-electron chi connectivity index (χ1n) is 11.1. The van der Waals surface area contributed by atoms with Crippen molar-refractivity contribution in [3.05, 3.63) is 95.0 Å². The molecule has 0 saturated carbocycles. The second kappa shape index (κ2) is 11.3. The van der Waals surface area contributed by atoms with Crippen LogP contribution in [0.15, 0.2) is 88.8 Å². The molecule has 0 fully saturated rings. The number of anilines is 1. The Hall–Kier alpha value is -4.17. The summed E-state index contributed by atoms with van der Waals surface area (Å²) in [5, 5.41) is 9.17. The molecule has 1 heterocycles. The number of aliphatic imine (C=N–C) groups is 2. The number of fused-ring (bicyclic) bond motifs is 1. The van der Waals surface area contributed by atoms with Crippen LogP contribution in [-0.4, -0.2) is 42.9 Å². The van der Waals surface area contributed by atoms with Crippen molar-refractivity contribution in [1.29, 1.82) is 0 Å². The Morgan fingerprint density at radius 1 is 0.971 bits per heavy atom. The number of urea groups is 1. The number of nitrogens with one attached hydrogen (secondary N) is 3. The van der Waals surface area contributed by atoms with E-state index in [1.54, 1.807) is 31.2 Å². The van der Waals surface area contributed by atoms with E-state index in [4.69, 9.17) is 26.3 Å². The molecule has 4 rings (SSSR count). The van der Waals surface area contributed by atoms with Crippen LogP contribution in [-0.2, 0) is 9.53 Å². The highest BCUT2D eigenvalue weighted by Gasteiger charge is 2.25. The molecule has 178 valence electrons. The number of amides is 2. The highest BCUT2D eigenvalue weighted by Crippen LogP contribution is 2.26. The topological polar surface area (TPSA) is 104 Å². The molecule has 0 aromatic heterocycles. The lowest BCUT2D eigenvalue weighted by Crippen LogP contribution is -2.48. The zero-order valence-corrected chi connectivity index (χ0v) is 19.8. The van der Waals surface area contributed by atoms with Crippen LogP contribution in [0.25, 0.3) is 0 Å². The molecular weight excluding hydrogens is 466 g/mol. The largest absolute Gasteiger partial charge is 0.465 e. The molecule has 9 heteroatoms. The average Bonchev–Trinajstić information content (AvgIpc) is 3.02. The van der Waals surface area contributed by atoms with Gasteiger partial charge in [0.05, 0.1) is 18.0 Å². The third kappa shape index (κ3) is 6.24. The maximum absolute atomic E-state index is 12.9. The molecule has 8 nitrogen and oxygen atoms in total. The summed E-state index contributed by atoms with van der Waals surface area (Å²) in [7, 11) is 0. The number of para-hydroxylation sites is 1. The molecule has 1 atom stereocenters. The number of halogens is 1. The van der Waals surface area contributed by atoms with Gasteiger partial charge in [0.1, 0.15) is 12.4 Å². The molecule has 1 aliphatic heterocycles. The molecule has 3 aromatic rings. The van der Waals surface area contributed by atoms with Crippen LogP contribution < -0.4 is 16.0 Å². The number of hydrogen-bond acceptors (Lipinski definition) is 6. The van der Waals surface area contributed by atoms with Gasteiger partial charge in [-0.05, 0) is 37.3 Å². The molecule has 0 aliphatic carbocycles. The number of esters is 1. The van der Waals surface area contributed by atoms with Gasteiger partial charge in [-0.1, -0.05) is 60.1 Å². The fourth-order valence-electron chi connectivity index (χ4n) is 3.48. The molecule has 0 bridgehead atoms. The summed E-state index contributed by atoms with van der Waals surface area (Å²) < 4.78 is 5.03. The van der Waals surface area contributed by atoms with Crippen LogP contribution in [0.1, 0.15) is 18.1 Å². The standard InChI is InChI=1S/C26H24ClN5O3/c1-2-35-22(33)16-28-24-25(32-26(34)29-19-14-12-18(27)13-15-19)31-23(17-8-4-3-5-9-17)20-10-6-7-11-21(20)30-24/h3-15,25H,2,16H2,1H3,(H,28,30)(H2,29,32,34). The number of amidine groups is 1. The van der Waals surface area contributed by atoms with Crippen LogP contribution in [0.4, 0.5) is 16.2 Å². The Balaban J connectivity index is 1.69. The van der Waals surface area contributed by atoms with Gasteiger partial charge in [-0.25, -0.2) is 9.79 Å². The van der Waals surface area contributed by atoms with E-state index in [-0.39, 0.29) is 13.2 Å². The van der Waals surface area contributed by atoms with E-state index in [2.05, 4.69) is 16.0 Å². The molecule has 0 radical (unpaired) electrons. The minimum atomic E-state index is -0.903. The Labute approximate surface area is 208 Å². The first-order chi connectivity index (χ1) is 17.0. The van der Waals surface area contributed by atoms with Crippen molar-refractivity contribution in [2.24, 2.45) is 9.98 Å². The van der Waals surface area contributed by atoms with E-state index in [0.29, 0.717) is 27.9 Å². The molecule has 0 spiro atoms. The first-order valence-corrected chi connectivity index (χ1v) is 11.4. The predicted molar refractivity (Wildman–Crippen MR) is 138 cm³/mol. The third-order valence-corrected chi connectivity index (χ3v) is 5.31. The normalized spacial score (nSPS) is 14.5. The Morgan fingerprint density at radius 3 is 2.43 bits per heavy atom. The van der Waals surface area contributed by atoms with E-state index in [1.165, 1.54) is 0 Å². The summed E-state index contributed by atoms with van der Waals surface area (Å²) in [6.45, 7) is 1.87. The Bertz CT molecular complexity index is 1260. The molecule has 0 saturated heterocycles. The van der Waals surface area contributed by atoms with Crippen molar-refractivity contribution < 1.29 is 14.3 Å². The summed E-state index contributed by atoms with van der Waals surface area (Å²) >= 11 is 5.93. The van der Waals surface area contributed by atoms with Crippen LogP contribution in [0, 0.1) is 0 Å². The zero-order valence-electron chi connectivity index (χ0n) is 19.0. The quantitative estimate of drug-likeness (QED) is 0.443. The number of benzene rings is 3. The molecule has 35 heavy (non-hydrogen) atoms. The molecule has 1 aliphatic rings. The van der Waals surface area contributed by atoms with E-state index in [0.717, 1.165) is 11.1 Å². The fraction of sp³-hybridized carbons (Fsp3) is 0.154. The Morgan fingerprint density at radius 2 is 1.69 bits per heavy atom. The van der Waals surface area contributed by atoms with Gasteiger partial charge in [-0.15, -0.1) is 0 Å². The molecule has 3 N–H and O–H groups in total. The summed E-state index contributed by atoms with van der Waals surface area (Å²) in [5.74, 6) is -0.132. The maximum Gasteiger partial charge on any atom is 0.325 e. The van der Waals surface area contributed by atoms with Crippen LogP contribution in [0.5, 0.6) is 0 Å². The monoisotopic (exact) mass is 489 g/mol. The van der Waals surface area contributed by atoms with E-state index >= 15 is 0 Å². The van der Waals surface area contributed by atoms with E-state index < -0.39 is 18.2 Å². The highest BCUT2D eigenvalue weighted by molar-refractivity contribution is 6.30. The highest BCUT2D eigenvalue weighted by atomic mass is 35.5. The summed E-state index contributed by atoms with van der Waals surface area (Å²) in [6.07, 6.45) is -0.903. The smallest absolute Gasteiger partial charge is 0.325 e. The lowest BCUT2D eigenvalue weighted by molar-refractivity contribution is -0.141. The van der Waals surface area contributed by atoms with Crippen molar-refractivity contribution in [3.8, 4) is 0 Å². The van der Waals surface area contributed by atoms with Gasteiger partial charge in [0, 0.05) is 21.8 Å². The average molecular weight is 490 g/mol. The van der Waals surface area contributed by atoms with Crippen LogP contribution in [0.2, 0.25) is 5.02 Å². The number of carbonyl (C=O) groups excluding carboxylic acids is 2. The number of carbonyl (C=O) groups is 2. The van der Waals surface area contributed by atoms with Gasteiger partial charge >= 0.3 is 12.0 Å². The van der Waals surface area contributed by atoms with Gasteiger partial charge in [0.25, 0.3) is 0 Å². The molecule has 2 amide bonds. The van der Waals surface area contributed by atoms with Gasteiger partial charge in [-0.3, -0.25) is 9.79 Å². The predicted octanol–water partition coefficient (Wildman–Crippen LogP) is 4.52. The van der Waals surface area contributed by atoms with Gasteiger partial charge in [0.15, 0.2) is 6.17 Å². The SMILES string of the molecule is CCOC(=O)CNC1=Nc2ccccc2C(c2ccccc2)=NC1NC(=O)Nc1ccc(Cl)cc1. The first kappa shape index (κ1) is 24.0. The van der Waals surface area contributed by atoms with Crippen molar-refractivity contribution in [2.75, 3.05) is 18.5 Å². The minimum Gasteiger partial charge on any atom is -0.465 e. The second-order valence-electron chi connectivity index (χ2n) is 7.52. The van der Waals surface area contributed by atoms with E-state index in [9.17, 15) is 9.59 Å². The third-order valence-electron chi connectivity index (χ3n) is 5.05. The van der Waals surface area contributed by atoms with Crippen molar-refractivity contribution in [2.45, 2.75) is 13.1 Å². The second-order valence-corrected chi connectivity index (χ2v) is 7.96. The fourth-order valence-corrected chi connectivity index (χ4v) is 3.61. The zero-order chi connectivity index (χ0) is 24.6. The molecule has 3 aromatic carbocycles. The van der Waals surface area contributed by atoms with Crippen LogP contribution in [0.3, 0.4) is 0 Å². The van der Waals surface area contributed by atoms with Gasteiger partial charge in [-0.2, -0.15) is 0 Å². The number of hydrogen-bond donors (Lipinski definition) is 3. The Kier molecular flexibility index (Phi) is 7.74. The van der Waals surface area contributed by atoms with Crippen molar-refractivity contribution in [3.63, 3.8) is 0 Å².